The molecule has 0 aromatic heterocycles. The summed E-state index contributed by atoms with van der Waals surface area (Å²) in [5.74, 6) is 0.197. The van der Waals surface area contributed by atoms with Crippen molar-refractivity contribution in [3.05, 3.63) is 0 Å². The lowest BCUT2D eigenvalue weighted by Gasteiger charge is -2.29. The number of hydrogen-bond donors (Lipinski definition) is 1. The highest BCUT2D eigenvalue weighted by Gasteiger charge is 2.33. The molecule has 0 atom stereocenters. The first-order valence-corrected chi connectivity index (χ1v) is 4.92. The van der Waals surface area contributed by atoms with Crippen LogP contribution in [0.4, 0.5) is 0 Å². The lowest BCUT2D eigenvalue weighted by atomic mass is 9.99. The zero-order valence-corrected chi connectivity index (χ0v) is 8.56. The molecule has 0 radical (unpaired) electrons. The van der Waals surface area contributed by atoms with E-state index in [2.05, 4.69) is 5.32 Å². The van der Waals surface area contributed by atoms with Crippen molar-refractivity contribution in [1.82, 2.24) is 5.32 Å². The van der Waals surface area contributed by atoms with Crippen LogP contribution in [0.2, 0.25) is 0 Å². The summed E-state index contributed by atoms with van der Waals surface area (Å²) in [6, 6.07) is 0. The Hall–Kier alpha value is -0.410. The number of rotatable bonds is 5. The molecule has 3 heteroatoms. The van der Waals surface area contributed by atoms with Crippen molar-refractivity contribution >= 4 is 5.78 Å². The van der Waals surface area contributed by atoms with E-state index >= 15 is 0 Å². The third-order valence-electron chi connectivity index (χ3n) is 2.69. The van der Waals surface area contributed by atoms with Crippen LogP contribution in [0.5, 0.6) is 0 Å². The summed E-state index contributed by atoms with van der Waals surface area (Å²) in [6.45, 7) is 2.81. The van der Waals surface area contributed by atoms with Gasteiger partial charge in [0.05, 0.1) is 13.2 Å². The van der Waals surface area contributed by atoms with Crippen LogP contribution in [0.15, 0.2) is 0 Å². The Labute approximate surface area is 79.8 Å². The number of carbonyl (C=O) groups excluding carboxylic acids is 1. The standard InChI is InChI=1S/C10H19NO2/c1-9(12)7-11-10(8-13-2)5-3-4-6-10/h11H,3-8H2,1-2H3. The summed E-state index contributed by atoms with van der Waals surface area (Å²) >= 11 is 0. The maximum Gasteiger partial charge on any atom is 0.143 e. The molecule has 13 heavy (non-hydrogen) atoms. The highest BCUT2D eigenvalue weighted by molar-refractivity contribution is 5.77. The molecule has 1 aliphatic rings. The van der Waals surface area contributed by atoms with Gasteiger partial charge in [0.25, 0.3) is 0 Å². The summed E-state index contributed by atoms with van der Waals surface area (Å²) in [4.78, 5) is 10.8. The van der Waals surface area contributed by atoms with Crippen LogP contribution in [0, 0.1) is 0 Å². The fourth-order valence-electron chi connectivity index (χ4n) is 2.01. The zero-order valence-electron chi connectivity index (χ0n) is 8.56. The van der Waals surface area contributed by atoms with Crippen LogP contribution in [-0.2, 0) is 9.53 Å². The molecule has 3 nitrogen and oxygen atoms in total. The molecular formula is C10H19NO2. The summed E-state index contributed by atoms with van der Waals surface area (Å²) in [7, 11) is 1.72. The summed E-state index contributed by atoms with van der Waals surface area (Å²) in [6.07, 6.45) is 4.75. The number of ketones is 1. The van der Waals surface area contributed by atoms with E-state index in [0.717, 1.165) is 19.4 Å². The van der Waals surface area contributed by atoms with Crippen molar-refractivity contribution in [1.29, 1.82) is 0 Å². The largest absolute Gasteiger partial charge is 0.383 e. The predicted octanol–water partition coefficient (Wildman–Crippen LogP) is 1.12. The maximum atomic E-state index is 10.8. The van der Waals surface area contributed by atoms with Crippen molar-refractivity contribution in [2.45, 2.75) is 38.1 Å². The quantitative estimate of drug-likeness (QED) is 0.697. The Morgan fingerprint density at radius 1 is 1.46 bits per heavy atom. The third-order valence-corrected chi connectivity index (χ3v) is 2.69. The van der Waals surface area contributed by atoms with Gasteiger partial charge in [0.15, 0.2) is 0 Å². The Morgan fingerprint density at radius 2 is 2.08 bits per heavy atom. The Bertz CT molecular complexity index is 174. The highest BCUT2D eigenvalue weighted by Crippen LogP contribution is 2.29. The fraction of sp³-hybridized carbons (Fsp3) is 0.900. The zero-order chi connectivity index (χ0) is 9.73. The number of Topliss-reactive ketones (excluding diaryl/α,β-unsaturated/α-hetero) is 1. The Morgan fingerprint density at radius 3 is 2.54 bits per heavy atom. The van der Waals surface area contributed by atoms with Gasteiger partial charge >= 0.3 is 0 Å². The second kappa shape index (κ2) is 4.72. The van der Waals surface area contributed by atoms with Gasteiger partial charge in [-0.05, 0) is 19.8 Å². The number of hydrogen-bond acceptors (Lipinski definition) is 3. The molecular weight excluding hydrogens is 166 g/mol. The molecule has 0 aliphatic heterocycles. The predicted molar refractivity (Wildman–Crippen MR) is 51.8 cm³/mol. The highest BCUT2D eigenvalue weighted by atomic mass is 16.5. The molecule has 0 unspecified atom stereocenters. The van der Waals surface area contributed by atoms with Gasteiger partial charge in [-0.2, -0.15) is 0 Å². The molecule has 1 saturated carbocycles. The van der Waals surface area contributed by atoms with Gasteiger partial charge in [-0.3, -0.25) is 4.79 Å². The average molecular weight is 185 g/mol. The maximum absolute atomic E-state index is 10.8. The van der Waals surface area contributed by atoms with Crippen molar-refractivity contribution in [3.8, 4) is 0 Å². The van der Waals surface area contributed by atoms with Crippen molar-refractivity contribution in [2.75, 3.05) is 20.3 Å². The molecule has 0 amide bonds. The number of nitrogens with one attached hydrogen (secondary N) is 1. The third kappa shape index (κ3) is 3.08. The average Bonchev–Trinajstić information content (AvgIpc) is 2.51. The molecule has 0 aromatic carbocycles. The van der Waals surface area contributed by atoms with E-state index in [1.165, 1.54) is 12.8 Å². The lowest BCUT2D eigenvalue weighted by Crippen LogP contribution is -2.48. The second-order valence-electron chi connectivity index (χ2n) is 3.98. The van der Waals surface area contributed by atoms with Gasteiger partial charge in [-0.15, -0.1) is 0 Å². The van der Waals surface area contributed by atoms with E-state index in [1.54, 1.807) is 14.0 Å². The smallest absolute Gasteiger partial charge is 0.143 e. The van der Waals surface area contributed by atoms with Crippen LogP contribution in [0.25, 0.3) is 0 Å². The van der Waals surface area contributed by atoms with Gasteiger partial charge in [0.2, 0.25) is 0 Å². The number of carbonyl (C=O) groups is 1. The van der Waals surface area contributed by atoms with Crippen LogP contribution >= 0.6 is 0 Å². The van der Waals surface area contributed by atoms with Crippen molar-refractivity contribution in [2.24, 2.45) is 0 Å². The van der Waals surface area contributed by atoms with E-state index < -0.39 is 0 Å². The van der Waals surface area contributed by atoms with Gasteiger partial charge in [-0.1, -0.05) is 12.8 Å². The van der Waals surface area contributed by atoms with E-state index in [1.807, 2.05) is 0 Å². The van der Waals surface area contributed by atoms with Crippen LogP contribution in [0.3, 0.4) is 0 Å². The monoisotopic (exact) mass is 185 g/mol. The summed E-state index contributed by atoms with van der Waals surface area (Å²) in [5, 5.41) is 3.32. The number of methoxy groups -OCH3 is 1. The van der Waals surface area contributed by atoms with E-state index in [9.17, 15) is 4.79 Å². The molecule has 0 spiro atoms. The Kier molecular flexibility index (Phi) is 3.88. The normalized spacial score (nSPS) is 20.5. The molecule has 0 aromatic rings. The minimum absolute atomic E-state index is 0.0838. The molecule has 1 aliphatic carbocycles. The first-order chi connectivity index (χ1) is 6.18. The SMILES string of the molecule is COCC1(NCC(C)=O)CCCC1. The van der Waals surface area contributed by atoms with Crippen LogP contribution < -0.4 is 5.32 Å². The van der Waals surface area contributed by atoms with Gasteiger partial charge in [-0.25, -0.2) is 0 Å². The summed E-state index contributed by atoms with van der Waals surface area (Å²) < 4.78 is 5.19. The first kappa shape index (κ1) is 10.7. The topological polar surface area (TPSA) is 38.3 Å². The molecule has 1 rings (SSSR count). The number of ether oxygens (including phenoxy) is 1. The molecule has 0 heterocycles. The lowest BCUT2D eigenvalue weighted by molar-refractivity contribution is -0.116. The van der Waals surface area contributed by atoms with Crippen LogP contribution in [-0.4, -0.2) is 31.6 Å². The minimum Gasteiger partial charge on any atom is -0.383 e. The molecule has 1 fully saturated rings. The van der Waals surface area contributed by atoms with E-state index in [-0.39, 0.29) is 11.3 Å². The Balaban J connectivity index is 2.41. The van der Waals surface area contributed by atoms with E-state index in [0.29, 0.717) is 6.54 Å². The van der Waals surface area contributed by atoms with Gasteiger partial charge < -0.3 is 10.1 Å². The second-order valence-corrected chi connectivity index (χ2v) is 3.98. The molecule has 1 N–H and O–H groups in total. The van der Waals surface area contributed by atoms with Crippen molar-refractivity contribution < 1.29 is 9.53 Å². The van der Waals surface area contributed by atoms with Crippen molar-refractivity contribution in [3.63, 3.8) is 0 Å². The first-order valence-electron chi connectivity index (χ1n) is 4.92. The molecule has 76 valence electrons. The summed E-state index contributed by atoms with van der Waals surface area (Å²) in [5.41, 5.74) is 0.0838. The van der Waals surface area contributed by atoms with Gasteiger partial charge in [0.1, 0.15) is 5.78 Å². The minimum atomic E-state index is 0.0838. The molecule has 0 saturated heterocycles. The fourth-order valence-corrected chi connectivity index (χ4v) is 2.01. The van der Waals surface area contributed by atoms with Crippen LogP contribution in [0.1, 0.15) is 32.6 Å². The van der Waals surface area contributed by atoms with E-state index in [4.69, 9.17) is 4.74 Å². The molecule has 0 bridgehead atoms. The van der Waals surface area contributed by atoms with Gasteiger partial charge in [0, 0.05) is 12.6 Å².